The molecule has 0 saturated carbocycles. The van der Waals surface area contributed by atoms with Gasteiger partial charge in [0.25, 0.3) is 0 Å². The van der Waals surface area contributed by atoms with E-state index in [1.807, 2.05) is 6.21 Å². The van der Waals surface area contributed by atoms with Crippen molar-refractivity contribution in [3.05, 3.63) is 47.7 Å². The highest BCUT2D eigenvalue weighted by Crippen LogP contribution is 2.25. The van der Waals surface area contributed by atoms with Gasteiger partial charge in [-0.3, -0.25) is 4.99 Å². The van der Waals surface area contributed by atoms with Crippen LogP contribution in [0.25, 0.3) is 0 Å². The van der Waals surface area contributed by atoms with E-state index in [0.29, 0.717) is 5.92 Å². The second-order valence-corrected chi connectivity index (χ2v) is 4.83. The lowest BCUT2D eigenvalue weighted by Crippen LogP contribution is -2.07. The minimum atomic E-state index is 0.0551. The molecular formula is C14H17N. The topological polar surface area (TPSA) is 12.4 Å². The molecule has 2 aliphatic rings. The minimum absolute atomic E-state index is 0.0551. The van der Waals surface area contributed by atoms with E-state index in [0.717, 1.165) is 5.70 Å². The first-order chi connectivity index (χ1) is 7.07. The van der Waals surface area contributed by atoms with Gasteiger partial charge in [0.1, 0.15) is 0 Å². The molecule has 2 rings (SSSR count). The molecule has 0 spiro atoms. The van der Waals surface area contributed by atoms with Crippen LogP contribution < -0.4 is 0 Å². The largest absolute Gasteiger partial charge is 0.260 e. The predicted octanol–water partition coefficient (Wildman–Crippen LogP) is 3.67. The molecule has 1 heteroatoms. The number of allylic oxidation sites excluding steroid dienone is 7. The summed E-state index contributed by atoms with van der Waals surface area (Å²) in [5.74, 6) is 0.494. The van der Waals surface area contributed by atoms with Crippen molar-refractivity contribution in [3.63, 3.8) is 0 Å². The SMILES string of the molecule is CC1C=CC2=C(C=C1)N=CC(C)(C)C=C2. The second kappa shape index (κ2) is 3.65. The van der Waals surface area contributed by atoms with Crippen molar-refractivity contribution in [2.75, 3.05) is 0 Å². The summed E-state index contributed by atoms with van der Waals surface area (Å²) >= 11 is 0. The second-order valence-electron chi connectivity index (χ2n) is 4.83. The molecule has 0 aromatic heterocycles. The maximum absolute atomic E-state index is 4.55. The predicted molar refractivity (Wildman–Crippen MR) is 65.9 cm³/mol. The van der Waals surface area contributed by atoms with E-state index >= 15 is 0 Å². The van der Waals surface area contributed by atoms with E-state index in [1.165, 1.54) is 5.57 Å². The number of hydrogen-bond acceptors (Lipinski definition) is 1. The summed E-state index contributed by atoms with van der Waals surface area (Å²) in [6.45, 7) is 6.50. The standard InChI is InChI=1S/C14H17N/c1-11-4-6-12-8-9-14(2,3)10-15-13(12)7-5-11/h4-11H,1-3H3. The summed E-state index contributed by atoms with van der Waals surface area (Å²) in [5.41, 5.74) is 2.33. The summed E-state index contributed by atoms with van der Waals surface area (Å²) < 4.78 is 0. The van der Waals surface area contributed by atoms with Crippen LogP contribution in [0, 0.1) is 11.3 Å². The Bertz CT molecular complexity index is 367. The highest BCUT2D eigenvalue weighted by Gasteiger charge is 2.14. The molecule has 1 aliphatic carbocycles. The zero-order chi connectivity index (χ0) is 10.9. The number of hydrogen-bond donors (Lipinski definition) is 0. The zero-order valence-electron chi connectivity index (χ0n) is 9.57. The van der Waals surface area contributed by atoms with Crippen LogP contribution in [0.2, 0.25) is 0 Å². The van der Waals surface area contributed by atoms with E-state index in [4.69, 9.17) is 0 Å². The summed E-state index contributed by atoms with van der Waals surface area (Å²) in [6, 6.07) is 0. The summed E-state index contributed by atoms with van der Waals surface area (Å²) in [7, 11) is 0. The van der Waals surface area contributed by atoms with E-state index in [2.05, 4.69) is 62.2 Å². The fourth-order valence-electron chi connectivity index (χ4n) is 1.59. The molecular weight excluding hydrogens is 182 g/mol. The Kier molecular flexibility index (Phi) is 2.47. The lowest BCUT2D eigenvalue weighted by atomic mass is 9.94. The average molecular weight is 199 g/mol. The molecule has 1 heterocycles. The van der Waals surface area contributed by atoms with E-state index in [9.17, 15) is 0 Å². The van der Waals surface area contributed by atoms with Crippen molar-refractivity contribution in [2.24, 2.45) is 16.3 Å². The smallest absolute Gasteiger partial charge is 0.0695 e. The number of rotatable bonds is 0. The molecule has 0 N–H and O–H groups in total. The monoisotopic (exact) mass is 199 g/mol. The van der Waals surface area contributed by atoms with Crippen molar-refractivity contribution in [3.8, 4) is 0 Å². The third kappa shape index (κ3) is 2.35. The molecule has 15 heavy (non-hydrogen) atoms. The number of nitrogens with zero attached hydrogens (tertiary/aromatic N) is 1. The van der Waals surface area contributed by atoms with Gasteiger partial charge in [0.15, 0.2) is 0 Å². The molecule has 1 nitrogen and oxygen atoms in total. The molecule has 1 atom stereocenters. The molecule has 0 amide bonds. The van der Waals surface area contributed by atoms with Crippen molar-refractivity contribution < 1.29 is 0 Å². The van der Waals surface area contributed by atoms with Crippen LogP contribution in [0.5, 0.6) is 0 Å². The fourth-order valence-corrected chi connectivity index (χ4v) is 1.59. The highest BCUT2D eigenvalue weighted by molar-refractivity contribution is 5.71. The molecule has 0 fully saturated rings. The van der Waals surface area contributed by atoms with Crippen LogP contribution >= 0.6 is 0 Å². The Balaban J connectivity index is 2.41. The summed E-state index contributed by atoms with van der Waals surface area (Å²) in [4.78, 5) is 4.55. The van der Waals surface area contributed by atoms with Gasteiger partial charge in [-0.15, -0.1) is 0 Å². The fraction of sp³-hybridized carbons (Fsp3) is 0.357. The molecule has 78 valence electrons. The van der Waals surface area contributed by atoms with Crippen LogP contribution in [0.3, 0.4) is 0 Å². The number of aliphatic imine (C=N–C) groups is 1. The van der Waals surface area contributed by atoms with Gasteiger partial charge < -0.3 is 0 Å². The maximum Gasteiger partial charge on any atom is 0.0695 e. The first-order valence-corrected chi connectivity index (χ1v) is 5.42. The van der Waals surface area contributed by atoms with Gasteiger partial charge in [-0.05, 0) is 17.6 Å². The molecule has 0 aromatic rings. The summed E-state index contributed by atoms with van der Waals surface area (Å²) in [5, 5.41) is 0. The van der Waals surface area contributed by atoms with Crippen LogP contribution in [0.4, 0.5) is 0 Å². The minimum Gasteiger partial charge on any atom is -0.260 e. The van der Waals surface area contributed by atoms with Gasteiger partial charge in [-0.1, -0.05) is 51.2 Å². The van der Waals surface area contributed by atoms with Crippen LogP contribution in [-0.4, -0.2) is 6.21 Å². The highest BCUT2D eigenvalue weighted by atomic mass is 14.7. The van der Waals surface area contributed by atoms with Gasteiger partial charge >= 0.3 is 0 Å². The summed E-state index contributed by atoms with van der Waals surface area (Å²) in [6.07, 6.45) is 15.0. The van der Waals surface area contributed by atoms with Gasteiger partial charge in [-0.2, -0.15) is 0 Å². The third-order valence-electron chi connectivity index (χ3n) is 2.66. The van der Waals surface area contributed by atoms with Crippen LogP contribution in [0.15, 0.2) is 52.7 Å². The van der Waals surface area contributed by atoms with E-state index in [-0.39, 0.29) is 5.41 Å². The Hall–Kier alpha value is -1.37. The lowest BCUT2D eigenvalue weighted by Gasteiger charge is -2.10. The van der Waals surface area contributed by atoms with Gasteiger partial charge in [-0.25, -0.2) is 0 Å². The Morgan fingerprint density at radius 3 is 2.67 bits per heavy atom. The Morgan fingerprint density at radius 1 is 1.13 bits per heavy atom. The zero-order valence-corrected chi connectivity index (χ0v) is 9.57. The Morgan fingerprint density at radius 2 is 1.87 bits per heavy atom. The molecule has 0 radical (unpaired) electrons. The molecule has 1 aliphatic heterocycles. The molecule has 1 unspecified atom stereocenters. The van der Waals surface area contributed by atoms with Crippen molar-refractivity contribution in [1.82, 2.24) is 0 Å². The first-order valence-electron chi connectivity index (χ1n) is 5.42. The van der Waals surface area contributed by atoms with E-state index in [1.54, 1.807) is 0 Å². The normalized spacial score (nSPS) is 27.5. The molecule has 0 saturated heterocycles. The molecule has 0 aromatic carbocycles. The van der Waals surface area contributed by atoms with Crippen molar-refractivity contribution >= 4 is 6.21 Å². The van der Waals surface area contributed by atoms with Crippen molar-refractivity contribution in [1.29, 1.82) is 0 Å². The van der Waals surface area contributed by atoms with Crippen LogP contribution in [0.1, 0.15) is 20.8 Å². The van der Waals surface area contributed by atoms with Crippen LogP contribution in [-0.2, 0) is 0 Å². The average Bonchev–Trinajstić information content (AvgIpc) is 2.42. The van der Waals surface area contributed by atoms with Gasteiger partial charge in [0.05, 0.1) is 5.70 Å². The van der Waals surface area contributed by atoms with Gasteiger partial charge in [0.2, 0.25) is 0 Å². The van der Waals surface area contributed by atoms with Gasteiger partial charge in [0, 0.05) is 11.6 Å². The molecule has 0 bridgehead atoms. The Labute approximate surface area is 91.6 Å². The third-order valence-corrected chi connectivity index (χ3v) is 2.66. The van der Waals surface area contributed by atoms with Crippen molar-refractivity contribution in [2.45, 2.75) is 20.8 Å². The van der Waals surface area contributed by atoms with E-state index < -0.39 is 0 Å². The quantitative estimate of drug-likeness (QED) is 0.564. The first kappa shape index (κ1) is 10.2. The lowest BCUT2D eigenvalue weighted by molar-refractivity contribution is 0.695. The maximum atomic E-state index is 4.55.